The number of fused-ring (bicyclic) bond motifs is 2. The standard InChI is InChI=1S/C27H31N3O8S3/c1-5-30-18-10-8-16(25(33)37-4)12-20(18)40-27(30)29-22(32)14-41(35,36)13-21(31)28-24-23(26(34)38-6-2)17-9-7-15(3)11-19(17)39-24/h8,10,12,15H,5-7,9,11,13-14H2,1-4H3,(H,28,31). The van der Waals surface area contributed by atoms with E-state index in [4.69, 9.17) is 9.47 Å². The van der Waals surface area contributed by atoms with Gasteiger partial charge in [0, 0.05) is 11.4 Å². The number of hydrogen-bond donors (Lipinski definition) is 1. The van der Waals surface area contributed by atoms with Crippen molar-refractivity contribution >= 4 is 71.5 Å². The van der Waals surface area contributed by atoms with Gasteiger partial charge in [-0.15, -0.1) is 11.3 Å². The van der Waals surface area contributed by atoms with Crippen LogP contribution < -0.4 is 10.1 Å². The highest BCUT2D eigenvalue weighted by Gasteiger charge is 2.30. The predicted molar refractivity (Wildman–Crippen MR) is 156 cm³/mol. The van der Waals surface area contributed by atoms with E-state index in [-0.39, 0.29) is 22.0 Å². The Kier molecular flexibility index (Phi) is 9.44. The van der Waals surface area contributed by atoms with Crippen molar-refractivity contribution in [3.8, 4) is 0 Å². The van der Waals surface area contributed by atoms with Crippen molar-refractivity contribution in [1.82, 2.24) is 4.57 Å². The number of hydrogen-bond acceptors (Lipinski definition) is 10. The van der Waals surface area contributed by atoms with Crippen LogP contribution in [0.4, 0.5) is 5.00 Å². The molecule has 0 radical (unpaired) electrons. The van der Waals surface area contributed by atoms with Crippen LogP contribution in [0.15, 0.2) is 23.2 Å². The first kappa shape index (κ1) is 30.6. The van der Waals surface area contributed by atoms with Crippen molar-refractivity contribution in [3.63, 3.8) is 0 Å². The Morgan fingerprint density at radius 2 is 1.88 bits per heavy atom. The lowest BCUT2D eigenvalue weighted by molar-refractivity contribution is -0.115. The molecule has 1 unspecified atom stereocenters. The normalized spacial score (nSPS) is 15.4. The summed E-state index contributed by atoms with van der Waals surface area (Å²) in [4.78, 5) is 55.3. The Bertz CT molecular complexity index is 1700. The average Bonchev–Trinajstić information content (AvgIpc) is 3.42. The molecule has 2 aromatic heterocycles. The Morgan fingerprint density at radius 3 is 2.56 bits per heavy atom. The van der Waals surface area contributed by atoms with Crippen LogP contribution in [0.2, 0.25) is 0 Å². The number of methoxy groups -OCH3 is 1. The minimum atomic E-state index is -4.18. The van der Waals surface area contributed by atoms with Crippen LogP contribution in [0.5, 0.6) is 0 Å². The largest absolute Gasteiger partial charge is 0.465 e. The molecule has 1 aliphatic rings. The minimum Gasteiger partial charge on any atom is -0.465 e. The lowest BCUT2D eigenvalue weighted by Gasteiger charge is -2.18. The SMILES string of the molecule is CCOC(=O)c1c(NC(=O)CS(=O)(=O)CC(=O)N=c2sc3cc(C(=O)OC)ccc3n2CC)sc2c1CCC(C)C2. The topological polar surface area (TPSA) is 150 Å². The number of benzene rings is 1. The third-order valence-corrected chi connectivity index (χ3v) is 10.2. The van der Waals surface area contributed by atoms with Crippen molar-refractivity contribution in [2.45, 2.75) is 46.6 Å². The lowest BCUT2D eigenvalue weighted by Crippen LogP contribution is -2.28. The van der Waals surface area contributed by atoms with E-state index >= 15 is 0 Å². The van der Waals surface area contributed by atoms with Crippen LogP contribution in [-0.2, 0) is 48.3 Å². The summed E-state index contributed by atoms with van der Waals surface area (Å²) in [5.74, 6) is -4.32. The zero-order valence-corrected chi connectivity index (χ0v) is 25.6. The highest BCUT2D eigenvalue weighted by Crippen LogP contribution is 2.40. The molecule has 0 spiro atoms. The summed E-state index contributed by atoms with van der Waals surface area (Å²) in [5, 5.41) is 2.84. The van der Waals surface area contributed by atoms with Gasteiger partial charge >= 0.3 is 11.9 Å². The molecular formula is C27H31N3O8S3. The van der Waals surface area contributed by atoms with Gasteiger partial charge in [0.1, 0.15) is 16.5 Å². The second-order valence-corrected chi connectivity index (χ2v) is 13.8. The molecular weight excluding hydrogens is 591 g/mol. The van der Waals surface area contributed by atoms with Gasteiger partial charge < -0.3 is 19.4 Å². The van der Waals surface area contributed by atoms with Gasteiger partial charge in [-0.05, 0) is 62.8 Å². The van der Waals surface area contributed by atoms with Crippen LogP contribution in [0.3, 0.4) is 0 Å². The summed E-state index contributed by atoms with van der Waals surface area (Å²) in [6.45, 7) is 6.26. The number of nitrogens with one attached hydrogen (secondary N) is 1. The first-order valence-corrected chi connectivity index (χ1v) is 16.5. The van der Waals surface area contributed by atoms with Gasteiger partial charge in [0.2, 0.25) is 5.91 Å². The van der Waals surface area contributed by atoms with E-state index in [1.807, 2.05) is 6.92 Å². The van der Waals surface area contributed by atoms with Crippen LogP contribution in [0.1, 0.15) is 58.3 Å². The van der Waals surface area contributed by atoms with E-state index in [1.165, 1.54) is 18.4 Å². The number of nitrogens with zero attached hydrogens (tertiary/aromatic N) is 2. The van der Waals surface area contributed by atoms with E-state index in [0.29, 0.717) is 29.1 Å². The maximum Gasteiger partial charge on any atom is 0.341 e. The van der Waals surface area contributed by atoms with Gasteiger partial charge in [-0.2, -0.15) is 4.99 Å². The summed E-state index contributed by atoms with van der Waals surface area (Å²) in [6.07, 6.45) is 2.33. The molecule has 0 bridgehead atoms. The van der Waals surface area contributed by atoms with Gasteiger partial charge in [0.15, 0.2) is 14.6 Å². The number of thiazole rings is 1. The molecule has 0 saturated heterocycles. The number of esters is 2. The van der Waals surface area contributed by atoms with Crippen LogP contribution >= 0.6 is 22.7 Å². The Morgan fingerprint density at radius 1 is 1.12 bits per heavy atom. The maximum atomic E-state index is 12.8. The van der Waals surface area contributed by atoms with Crippen molar-refractivity contribution in [2.75, 3.05) is 30.5 Å². The molecule has 2 heterocycles. The molecule has 3 aromatic rings. The van der Waals surface area contributed by atoms with Crippen molar-refractivity contribution in [2.24, 2.45) is 10.9 Å². The van der Waals surface area contributed by atoms with Crippen molar-refractivity contribution in [1.29, 1.82) is 0 Å². The fraction of sp³-hybridized carbons (Fsp3) is 0.444. The van der Waals surface area contributed by atoms with Gasteiger partial charge in [0.05, 0.1) is 35.1 Å². The molecule has 0 saturated carbocycles. The number of ether oxygens (including phenoxy) is 2. The van der Waals surface area contributed by atoms with Crippen molar-refractivity contribution in [3.05, 3.63) is 44.6 Å². The van der Waals surface area contributed by atoms with Gasteiger partial charge in [-0.3, -0.25) is 9.59 Å². The fourth-order valence-corrected chi connectivity index (χ4v) is 8.29. The van der Waals surface area contributed by atoms with Crippen molar-refractivity contribution < 1.29 is 37.1 Å². The fourth-order valence-electron chi connectivity index (χ4n) is 4.71. The number of aryl methyl sites for hydroxylation is 1. The smallest absolute Gasteiger partial charge is 0.341 e. The zero-order valence-electron chi connectivity index (χ0n) is 23.1. The third kappa shape index (κ3) is 6.93. The number of aromatic nitrogens is 1. The zero-order chi connectivity index (χ0) is 29.9. The molecule has 0 aliphatic heterocycles. The number of sulfone groups is 1. The van der Waals surface area contributed by atoms with E-state index in [0.717, 1.165) is 40.1 Å². The van der Waals surface area contributed by atoms with Gasteiger partial charge in [0.25, 0.3) is 5.91 Å². The third-order valence-electron chi connectivity index (χ3n) is 6.58. The van der Waals surface area contributed by atoms with E-state index in [1.54, 1.807) is 29.7 Å². The monoisotopic (exact) mass is 621 g/mol. The van der Waals surface area contributed by atoms with Crippen LogP contribution in [0.25, 0.3) is 10.2 Å². The van der Waals surface area contributed by atoms with E-state index in [9.17, 15) is 27.6 Å². The summed E-state index contributed by atoms with van der Waals surface area (Å²) in [6, 6.07) is 4.93. The average molecular weight is 622 g/mol. The summed E-state index contributed by atoms with van der Waals surface area (Å²) >= 11 is 2.39. The van der Waals surface area contributed by atoms with Crippen LogP contribution in [0, 0.1) is 5.92 Å². The molecule has 1 atom stereocenters. The number of anilines is 1. The second kappa shape index (κ2) is 12.7. The van der Waals surface area contributed by atoms with Gasteiger partial charge in [-0.1, -0.05) is 18.3 Å². The molecule has 41 heavy (non-hydrogen) atoms. The molecule has 11 nitrogen and oxygen atoms in total. The lowest BCUT2D eigenvalue weighted by atomic mass is 9.88. The minimum absolute atomic E-state index is 0.164. The molecule has 14 heteroatoms. The first-order chi connectivity index (χ1) is 19.5. The summed E-state index contributed by atoms with van der Waals surface area (Å²) in [5.41, 5.74) is 2.18. The Labute approximate surface area is 245 Å². The van der Waals surface area contributed by atoms with Gasteiger partial charge in [-0.25, -0.2) is 18.0 Å². The second-order valence-electron chi connectivity index (χ2n) is 9.67. The van der Waals surface area contributed by atoms with E-state index in [2.05, 4.69) is 17.2 Å². The number of carbonyl (C=O) groups excluding carboxylic acids is 4. The Balaban J connectivity index is 1.51. The molecule has 1 aliphatic carbocycles. The summed E-state index contributed by atoms with van der Waals surface area (Å²) < 4.78 is 37.9. The maximum absolute atomic E-state index is 12.8. The molecule has 220 valence electrons. The predicted octanol–water partition coefficient (Wildman–Crippen LogP) is 3.35. The van der Waals surface area contributed by atoms with E-state index < -0.39 is 45.1 Å². The van der Waals surface area contributed by atoms with Crippen LogP contribution in [-0.4, -0.2) is 62.0 Å². The highest BCUT2D eigenvalue weighted by molar-refractivity contribution is 7.92. The first-order valence-electron chi connectivity index (χ1n) is 13.1. The molecule has 0 fully saturated rings. The quantitative estimate of drug-likeness (QED) is 0.358. The summed E-state index contributed by atoms with van der Waals surface area (Å²) in [7, 11) is -2.90. The molecule has 1 aromatic carbocycles. The molecule has 4 rings (SSSR count). The Hall–Kier alpha value is -3.36. The number of amides is 2. The highest BCUT2D eigenvalue weighted by atomic mass is 32.2. The molecule has 2 amide bonds. The molecule has 1 N–H and O–H groups in total. The number of thiophene rings is 1. The number of rotatable bonds is 9. The number of carbonyl (C=O) groups is 4.